The van der Waals surface area contributed by atoms with Crippen molar-refractivity contribution in [1.29, 1.82) is 0 Å². The fraction of sp³-hybridized carbons (Fsp3) is 0.167. The number of aromatic nitrogens is 3. The molecule has 23 heavy (non-hydrogen) atoms. The summed E-state index contributed by atoms with van der Waals surface area (Å²) in [6.45, 7) is 0. The van der Waals surface area contributed by atoms with Crippen molar-refractivity contribution in [1.82, 2.24) is 14.8 Å². The summed E-state index contributed by atoms with van der Waals surface area (Å²) in [4.78, 5) is 4.22. The van der Waals surface area contributed by atoms with Gasteiger partial charge in [-0.1, -0.05) is 23.2 Å². The van der Waals surface area contributed by atoms with Gasteiger partial charge in [0.15, 0.2) is 15.0 Å². The predicted octanol–water partition coefficient (Wildman–Crippen LogP) is 4.63. The molecule has 0 bridgehead atoms. The highest BCUT2D eigenvalue weighted by Gasteiger charge is 2.24. The van der Waals surface area contributed by atoms with E-state index < -0.39 is 16.9 Å². The smallest absolute Gasteiger partial charge is 0.160 e. The van der Waals surface area contributed by atoms with Crippen molar-refractivity contribution in [3.63, 3.8) is 0 Å². The van der Waals surface area contributed by atoms with Crippen LogP contribution in [0.5, 0.6) is 0 Å². The van der Waals surface area contributed by atoms with Crippen molar-refractivity contribution in [3.8, 4) is 11.3 Å². The van der Waals surface area contributed by atoms with Gasteiger partial charge in [0.25, 0.3) is 0 Å². The lowest BCUT2D eigenvalue weighted by Crippen LogP contribution is -2.02. The normalized spacial score (nSPS) is 13.0. The summed E-state index contributed by atoms with van der Waals surface area (Å²) in [6.07, 6.45) is 0. The van der Waals surface area contributed by atoms with Crippen molar-refractivity contribution in [3.05, 3.63) is 31.5 Å². The lowest BCUT2D eigenvalue weighted by Gasteiger charge is -2.03. The van der Waals surface area contributed by atoms with E-state index in [2.05, 4.69) is 26.0 Å². The van der Waals surface area contributed by atoms with E-state index in [4.69, 9.17) is 27.8 Å². The average Bonchev–Trinajstić information content (AvgIpc) is 2.95. The van der Waals surface area contributed by atoms with Crippen LogP contribution in [0.2, 0.25) is 10.0 Å². The molecule has 2 heterocycles. The maximum atomic E-state index is 14.5. The molecule has 1 atom stereocenters. The van der Waals surface area contributed by atoms with E-state index in [0.29, 0.717) is 19.8 Å². The van der Waals surface area contributed by atoms with Crippen LogP contribution in [0.3, 0.4) is 0 Å². The molecule has 3 rings (SSSR count). The Morgan fingerprint density at radius 2 is 2.22 bits per heavy atom. The first-order chi connectivity index (χ1) is 10.8. The SMILES string of the molecule is Cn1nc(-c2c(F)cc(Cl)c3nc(Br)sc23)c(Cl)c1CS(=O)O. The first-order valence-corrected chi connectivity index (χ1v) is 9.67. The molecule has 0 aliphatic carbocycles. The summed E-state index contributed by atoms with van der Waals surface area (Å²) in [6, 6.07) is 1.15. The Bertz CT molecular complexity index is 960. The van der Waals surface area contributed by atoms with E-state index >= 15 is 0 Å². The molecule has 11 heteroatoms. The van der Waals surface area contributed by atoms with Crippen molar-refractivity contribution in [2.75, 3.05) is 0 Å². The summed E-state index contributed by atoms with van der Waals surface area (Å²) in [5.41, 5.74) is 1.13. The van der Waals surface area contributed by atoms with Gasteiger partial charge >= 0.3 is 0 Å². The van der Waals surface area contributed by atoms with E-state index in [1.54, 1.807) is 7.05 Å². The van der Waals surface area contributed by atoms with Crippen LogP contribution in [-0.4, -0.2) is 23.5 Å². The minimum absolute atomic E-state index is 0.127. The maximum absolute atomic E-state index is 14.5. The summed E-state index contributed by atoms with van der Waals surface area (Å²) in [5.74, 6) is -0.789. The second-order valence-corrected chi connectivity index (χ2v) is 8.55. The van der Waals surface area contributed by atoms with Crippen LogP contribution in [-0.2, 0) is 23.9 Å². The first kappa shape index (κ1) is 17.2. The summed E-state index contributed by atoms with van der Waals surface area (Å²) in [7, 11) is 1.57. The summed E-state index contributed by atoms with van der Waals surface area (Å²) >= 11 is 14.7. The van der Waals surface area contributed by atoms with Crippen molar-refractivity contribution in [2.45, 2.75) is 5.75 Å². The lowest BCUT2D eigenvalue weighted by molar-refractivity contribution is 0.560. The molecular weight excluding hydrogens is 452 g/mol. The van der Waals surface area contributed by atoms with Gasteiger partial charge in [-0.05, 0) is 22.0 Å². The molecule has 2 aromatic heterocycles. The van der Waals surface area contributed by atoms with E-state index in [1.807, 2.05) is 0 Å². The van der Waals surface area contributed by atoms with E-state index in [1.165, 1.54) is 16.0 Å². The molecule has 0 fully saturated rings. The van der Waals surface area contributed by atoms with Crippen LogP contribution >= 0.6 is 50.5 Å². The highest BCUT2D eigenvalue weighted by Crippen LogP contribution is 2.42. The molecule has 0 spiro atoms. The van der Waals surface area contributed by atoms with E-state index in [-0.39, 0.29) is 27.1 Å². The standard InChI is InChI=1S/C12H7BrCl2FN3O2S2/c1-19-6(3-23(20)21)8(15)10(18-19)7-5(16)2-4(14)9-11(7)22-12(13)17-9/h2H,3H2,1H3,(H,20,21). The molecule has 1 aromatic carbocycles. The summed E-state index contributed by atoms with van der Waals surface area (Å²) < 4.78 is 37.0. The van der Waals surface area contributed by atoms with Gasteiger partial charge in [-0.15, -0.1) is 11.3 Å². The number of hydrogen-bond donors (Lipinski definition) is 1. The third kappa shape index (κ3) is 3.06. The minimum Gasteiger partial charge on any atom is -0.306 e. The molecule has 1 N–H and O–H groups in total. The van der Waals surface area contributed by atoms with Gasteiger partial charge in [0.1, 0.15) is 17.0 Å². The predicted molar refractivity (Wildman–Crippen MR) is 94.0 cm³/mol. The fourth-order valence-electron chi connectivity index (χ4n) is 2.17. The first-order valence-electron chi connectivity index (χ1n) is 6.02. The van der Waals surface area contributed by atoms with Gasteiger partial charge in [0, 0.05) is 7.05 Å². The van der Waals surface area contributed by atoms with Crippen LogP contribution < -0.4 is 0 Å². The number of hydrogen-bond acceptors (Lipinski definition) is 4. The third-order valence-corrected chi connectivity index (χ3v) is 5.88. The fourth-order valence-corrected chi connectivity index (χ4v) is 4.94. The highest BCUT2D eigenvalue weighted by molar-refractivity contribution is 9.11. The number of halogens is 4. The van der Waals surface area contributed by atoms with Crippen LogP contribution in [0.4, 0.5) is 4.39 Å². The quantitative estimate of drug-likeness (QED) is 0.581. The molecule has 0 saturated heterocycles. The Morgan fingerprint density at radius 1 is 1.52 bits per heavy atom. The number of rotatable bonds is 3. The molecule has 1 unspecified atom stereocenters. The molecule has 0 amide bonds. The zero-order chi connectivity index (χ0) is 16.9. The molecule has 0 aliphatic heterocycles. The topological polar surface area (TPSA) is 68.0 Å². The molecular formula is C12H7BrCl2FN3O2S2. The Hall–Kier alpha value is -0.580. The molecule has 0 saturated carbocycles. The third-order valence-electron chi connectivity index (χ3n) is 3.15. The zero-order valence-electron chi connectivity index (χ0n) is 11.3. The average molecular weight is 459 g/mol. The molecule has 0 aliphatic rings. The monoisotopic (exact) mass is 457 g/mol. The second kappa shape index (κ2) is 6.38. The molecule has 3 aromatic rings. The zero-order valence-corrected chi connectivity index (χ0v) is 16.0. The molecule has 5 nitrogen and oxygen atoms in total. The number of aryl methyl sites for hydroxylation is 1. The number of benzene rings is 1. The second-order valence-electron chi connectivity index (χ2n) is 4.56. The Labute approximate surface area is 154 Å². The van der Waals surface area contributed by atoms with Crippen molar-refractivity contribution < 1.29 is 13.2 Å². The number of thiazole rings is 1. The van der Waals surface area contributed by atoms with Gasteiger partial charge < -0.3 is 4.55 Å². The largest absolute Gasteiger partial charge is 0.306 e. The van der Waals surface area contributed by atoms with Gasteiger partial charge in [-0.3, -0.25) is 4.68 Å². The lowest BCUT2D eigenvalue weighted by atomic mass is 10.1. The van der Waals surface area contributed by atoms with Gasteiger partial charge in [0.2, 0.25) is 0 Å². The van der Waals surface area contributed by atoms with Crippen molar-refractivity contribution in [2.24, 2.45) is 7.05 Å². The van der Waals surface area contributed by atoms with Gasteiger partial charge in [-0.2, -0.15) is 5.10 Å². The van der Waals surface area contributed by atoms with Crippen LogP contribution in [0, 0.1) is 5.82 Å². The number of nitrogens with zero attached hydrogens (tertiary/aromatic N) is 3. The molecule has 0 radical (unpaired) electrons. The van der Waals surface area contributed by atoms with Crippen LogP contribution in [0.15, 0.2) is 9.98 Å². The van der Waals surface area contributed by atoms with Crippen molar-refractivity contribution >= 4 is 71.8 Å². The van der Waals surface area contributed by atoms with Crippen LogP contribution in [0.25, 0.3) is 21.5 Å². The van der Waals surface area contributed by atoms with Gasteiger partial charge in [0.05, 0.1) is 31.8 Å². The van der Waals surface area contributed by atoms with Gasteiger partial charge in [-0.25, -0.2) is 13.6 Å². The Morgan fingerprint density at radius 3 is 2.87 bits per heavy atom. The Balaban J connectivity index is 2.31. The maximum Gasteiger partial charge on any atom is 0.160 e. The van der Waals surface area contributed by atoms with Crippen LogP contribution in [0.1, 0.15) is 5.69 Å². The number of fused-ring (bicyclic) bond motifs is 1. The van der Waals surface area contributed by atoms with E-state index in [9.17, 15) is 8.60 Å². The summed E-state index contributed by atoms with van der Waals surface area (Å²) in [5, 5.41) is 4.52. The van der Waals surface area contributed by atoms with E-state index in [0.717, 1.165) is 6.07 Å². The minimum atomic E-state index is -2.09. The molecule has 122 valence electrons. The highest BCUT2D eigenvalue weighted by atomic mass is 79.9. The Kier molecular flexibility index (Phi) is 4.78.